The van der Waals surface area contributed by atoms with Crippen LogP contribution in [-0.4, -0.2) is 12.6 Å². The van der Waals surface area contributed by atoms with Crippen LogP contribution in [0.4, 0.5) is 17.1 Å². The van der Waals surface area contributed by atoms with Crippen molar-refractivity contribution in [1.82, 2.24) is 4.57 Å². The Morgan fingerprint density at radius 3 is 1.34 bits per heavy atom. The Hall–Kier alpha value is -10.3. The number of rotatable bonds is 12. The van der Waals surface area contributed by atoms with Crippen molar-refractivity contribution in [2.75, 3.05) is 4.90 Å². The molecule has 14 aromatic rings. The van der Waals surface area contributed by atoms with Crippen molar-refractivity contribution < 1.29 is 6.85 Å². The Bertz CT molecular complexity index is 4830. The van der Waals surface area contributed by atoms with Crippen LogP contribution in [0.1, 0.15) is 54.1 Å². The summed E-state index contributed by atoms with van der Waals surface area (Å²) in [4.78, 5) is 1.93. The molecule has 15 rings (SSSR count). The molecule has 2 heterocycles. The third kappa shape index (κ3) is 8.45. The standard InChI is InChI=1S/C82H62N2Si/c1-81(2)75-56-66(82(63-34-14-5-15-35-63,64-36-16-6-17-37-64)65-38-18-7-19-39-65)48-52-78(75)83(67-40-20-8-21-41-67)79-53-49-68(57-76(79)81)84-77-47-25-24-46-73(77)74-51-50-72(58-80(74)84)85(69-42-22-9-23-43-69,70-44-26-32-61(54-70)59-28-10-3-11-29-59)71-45-27-33-62(55-71)60-30-12-4-13-31-60/h3-58H,1-2H3/i8D,20D,21D,40D,41D. The molecule has 0 bridgehead atoms. The Morgan fingerprint density at radius 2 is 0.776 bits per heavy atom. The topological polar surface area (TPSA) is 8.17 Å². The summed E-state index contributed by atoms with van der Waals surface area (Å²) in [5.74, 6) is 0. The quantitative estimate of drug-likeness (QED) is 0.0874. The highest BCUT2D eigenvalue weighted by Gasteiger charge is 2.45. The minimum absolute atomic E-state index is 0.0938. The van der Waals surface area contributed by atoms with Crippen LogP contribution in [-0.2, 0) is 10.8 Å². The predicted octanol–water partition coefficient (Wildman–Crippen LogP) is 18.0. The lowest BCUT2D eigenvalue weighted by Gasteiger charge is -2.44. The molecule has 0 atom stereocenters. The van der Waals surface area contributed by atoms with E-state index in [4.69, 9.17) is 4.11 Å². The maximum absolute atomic E-state index is 9.62. The molecule has 2 nitrogen and oxygen atoms in total. The van der Waals surface area contributed by atoms with Gasteiger partial charge >= 0.3 is 0 Å². The zero-order chi connectivity index (χ0) is 61.3. The van der Waals surface area contributed by atoms with Crippen molar-refractivity contribution in [2.45, 2.75) is 24.7 Å². The monoisotopic (exact) mass is 1110 g/mol. The highest BCUT2D eigenvalue weighted by molar-refractivity contribution is 7.20. The molecule has 3 heteroatoms. The van der Waals surface area contributed by atoms with Crippen molar-refractivity contribution >= 4 is 67.7 Å². The number of nitrogens with zero attached hydrogens (tertiary/aromatic N) is 2. The second-order valence-electron chi connectivity index (χ2n) is 22.8. The number of anilines is 3. The van der Waals surface area contributed by atoms with Gasteiger partial charge in [-0.15, -0.1) is 0 Å². The molecule has 1 aliphatic heterocycles. The lowest BCUT2D eigenvalue weighted by Crippen LogP contribution is -2.74. The van der Waals surface area contributed by atoms with E-state index < -0.39 is 37.0 Å². The molecule has 0 saturated carbocycles. The fourth-order valence-electron chi connectivity index (χ4n) is 14.1. The van der Waals surface area contributed by atoms with Crippen LogP contribution < -0.4 is 25.6 Å². The minimum atomic E-state index is -3.27. The highest BCUT2D eigenvalue weighted by atomic mass is 28.3. The molecular weight excluding hydrogens is 1040 g/mol. The zero-order valence-corrected chi connectivity index (χ0v) is 48.3. The van der Waals surface area contributed by atoms with Gasteiger partial charge in [-0.3, -0.25) is 0 Å². The van der Waals surface area contributed by atoms with Gasteiger partial charge in [0.15, 0.2) is 8.07 Å². The smallest absolute Gasteiger partial charge is 0.179 e. The van der Waals surface area contributed by atoms with E-state index >= 15 is 0 Å². The van der Waals surface area contributed by atoms with Crippen molar-refractivity contribution in [1.29, 1.82) is 0 Å². The molecule has 0 radical (unpaired) electrons. The second-order valence-corrected chi connectivity index (χ2v) is 26.6. The second kappa shape index (κ2) is 21.1. The summed E-state index contributed by atoms with van der Waals surface area (Å²) in [7, 11) is -3.27. The summed E-state index contributed by atoms with van der Waals surface area (Å²) in [5, 5.41) is 7.26. The van der Waals surface area contributed by atoms with Crippen LogP contribution in [0, 0.1) is 0 Å². The van der Waals surface area contributed by atoms with Gasteiger partial charge in [0.1, 0.15) is 0 Å². The zero-order valence-electron chi connectivity index (χ0n) is 52.3. The molecule has 0 aliphatic carbocycles. The molecule has 1 aromatic heterocycles. The molecular formula is C82H62N2Si. The van der Waals surface area contributed by atoms with Crippen molar-refractivity contribution in [2.24, 2.45) is 0 Å². The average molecular weight is 1110 g/mol. The van der Waals surface area contributed by atoms with Gasteiger partial charge in [-0.1, -0.05) is 305 Å². The average Bonchev–Trinajstić information content (AvgIpc) is 1.21. The molecule has 0 saturated heterocycles. The number of hydrogen-bond donors (Lipinski definition) is 0. The third-order valence-corrected chi connectivity index (χ3v) is 22.7. The van der Waals surface area contributed by atoms with Crippen LogP contribution in [0.5, 0.6) is 0 Å². The van der Waals surface area contributed by atoms with Gasteiger partial charge in [0.25, 0.3) is 0 Å². The van der Waals surface area contributed by atoms with Gasteiger partial charge in [0.05, 0.1) is 34.7 Å². The molecule has 404 valence electrons. The normalized spacial score (nSPS) is 13.7. The lowest BCUT2D eigenvalue weighted by atomic mass is 9.63. The summed E-state index contributed by atoms with van der Waals surface area (Å²) in [6, 6.07) is 110. The molecule has 13 aromatic carbocycles. The van der Waals surface area contributed by atoms with E-state index in [-0.39, 0.29) is 17.8 Å². The van der Waals surface area contributed by atoms with Crippen LogP contribution >= 0.6 is 0 Å². The molecule has 0 spiro atoms. The maximum Gasteiger partial charge on any atom is 0.179 e. The number of hydrogen-bond acceptors (Lipinski definition) is 1. The molecule has 0 N–H and O–H groups in total. The fraction of sp³-hybridized carbons (Fsp3) is 0.0488. The predicted molar refractivity (Wildman–Crippen MR) is 360 cm³/mol. The van der Waals surface area contributed by atoms with E-state index in [1.165, 1.54) is 20.7 Å². The van der Waals surface area contributed by atoms with Crippen molar-refractivity contribution in [3.05, 3.63) is 373 Å². The summed E-state index contributed by atoms with van der Waals surface area (Å²) < 4.78 is 48.6. The molecule has 1 aliphatic rings. The number of aromatic nitrogens is 1. The number of para-hydroxylation sites is 2. The van der Waals surface area contributed by atoms with Crippen LogP contribution in [0.3, 0.4) is 0 Å². The fourth-order valence-corrected chi connectivity index (χ4v) is 18.9. The summed E-state index contributed by atoms with van der Waals surface area (Å²) in [6.45, 7) is 4.54. The Morgan fingerprint density at radius 1 is 0.329 bits per heavy atom. The molecule has 0 fully saturated rings. The van der Waals surface area contributed by atoms with Gasteiger partial charge in [-0.05, 0) is 125 Å². The highest BCUT2D eigenvalue weighted by Crippen LogP contribution is 2.55. The Kier molecular flexibility index (Phi) is 11.5. The van der Waals surface area contributed by atoms with Gasteiger partial charge in [-0.25, -0.2) is 0 Å². The van der Waals surface area contributed by atoms with Crippen molar-refractivity contribution in [3.8, 4) is 27.9 Å². The SMILES string of the molecule is [2H]c1c([2H])c([2H])c(N2c3ccc(-n4c5ccccc5c5ccc([Si](c6ccccc6)(c6cccc(-c7ccccc7)c6)c6cccc(-c7ccccc7)c6)cc54)cc3C(C)(C)c3cc(C(c4ccccc4)(c4ccccc4)c4ccccc4)ccc32)c([2H])c1[2H]. The third-order valence-electron chi connectivity index (χ3n) is 17.9. The van der Waals surface area contributed by atoms with Crippen LogP contribution in [0.15, 0.2) is 340 Å². The maximum atomic E-state index is 9.62. The van der Waals surface area contributed by atoms with E-state index in [1.807, 2.05) is 4.90 Å². The minimum Gasteiger partial charge on any atom is -0.310 e. The lowest BCUT2D eigenvalue weighted by molar-refractivity contribution is 0.626. The molecule has 85 heavy (non-hydrogen) atoms. The first-order valence-corrected chi connectivity index (χ1v) is 31.2. The van der Waals surface area contributed by atoms with E-state index in [0.29, 0.717) is 0 Å². The molecule has 0 unspecified atom stereocenters. The van der Waals surface area contributed by atoms with E-state index in [2.05, 4.69) is 328 Å². The van der Waals surface area contributed by atoms with Gasteiger partial charge in [0, 0.05) is 27.6 Å². The number of benzene rings is 13. The first-order valence-electron chi connectivity index (χ1n) is 31.7. The Labute approximate surface area is 506 Å². The number of fused-ring (bicyclic) bond motifs is 5. The summed E-state index contributed by atoms with van der Waals surface area (Å²) >= 11 is 0. The summed E-state index contributed by atoms with van der Waals surface area (Å²) in [6.07, 6.45) is 0. The van der Waals surface area contributed by atoms with Crippen LogP contribution in [0.25, 0.3) is 49.7 Å². The van der Waals surface area contributed by atoms with Gasteiger partial charge in [-0.2, -0.15) is 0 Å². The largest absolute Gasteiger partial charge is 0.310 e. The first-order chi connectivity index (χ1) is 44.0. The van der Waals surface area contributed by atoms with E-state index in [0.717, 1.165) is 94.5 Å². The van der Waals surface area contributed by atoms with Gasteiger partial charge < -0.3 is 9.47 Å². The molecule has 0 amide bonds. The Balaban J connectivity index is 1.00. The summed E-state index contributed by atoms with van der Waals surface area (Å²) in [5.41, 5.74) is 13.9. The van der Waals surface area contributed by atoms with Gasteiger partial charge in [0.2, 0.25) is 0 Å². The van der Waals surface area contributed by atoms with E-state index in [1.54, 1.807) is 0 Å². The van der Waals surface area contributed by atoms with Crippen LogP contribution in [0.2, 0.25) is 0 Å². The van der Waals surface area contributed by atoms with Crippen molar-refractivity contribution in [3.63, 3.8) is 0 Å². The first kappa shape index (κ1) is 46.2. The van der Waals surface area contributed by atoms with E-state index in [9.17, 15) is 2.74 Å².